The van der Waals surface area contributed by atoms with Gasteiger partial charge in [-0.1, -0.05) is 31.0 Å². The van der Waals surface area contributed by atoms with Gasteiger partial charge in [0.15, 0.2) is 5.78 Å². The maximum atomic E-state index is 12.7. The highest BCUT2D eigenvalue weighted by atomic mass is 16.1. The Morgan fingerprint density at radius 3 is 2.57 bits per heavy atom. The summed E-state index contributed by atoms with van der Waals surface area (Å²) in [6.45, 7) is 6.61. The standard InChI is InChI=1S/C20H26N2O/c1-14-8-4-7-11-19(14)21-13-20(23)18-12-15(2)22(16(18)3)17-9-5-6-10-17/h4,7-8,11-12,17,21H,5-6,9-10,13H2,1-3H3. The minimum absolute atomic E-state index is 0.172. The lowest BCUT2D eigenvalue weighted by atomic mass is 10.1. The fourth-order valence-corrected chi connectivity index (χ4v) is 3.83. The third-order valence-corrected chi connectivity index (χ3v) is 5.06. The van der Waals surface area contributed by atoms with E-state index < -0.39 is 0 Å². The van der Waals surface area contributed by atoms with Gasteiger partial charge >= 0.3 is 0 Å². The van der Waals surface area contributed by atoms with Crippen molar-refractivity contribution in [2.24, 2.45) is 0 Å². The van der Waals surface area contributed by atoms with Crippen molar-refractivity contribution in [3.63, 3.8) is 0 Å². The molecule has 0 atom stereocenters. The topological polar surface area (TPSA) is 34.0 Å². The summed E-state index contributed by atoms with van der Waals surface area (Å²) in [5.74, 6) is 0.172. The monoisotopic (exact) mass is 310 g/mol. The van der Waals surface area contributed by atoms with Gasteiger partial charge < -0.3 is 9.88 Å². The van der Waals surface area contributed by atoms with Gasteiger partial charge in [0.05, 0.1) is 6.54 Å². The molecule has 1 heterocycles. The Morgan fingerprint density at radius 2 is 1.87 bits per heavy atom. The molecule has 3 heteroatoms. The van der Waals surface area contributed by atoms with E-state index in [-0.39, 0.29) is 5.78 Å². The third kappa shape index (κ3) is 3.19. The van der Waals surface area contributed by atoms with Gasteiger partial charge in [-0.2, -0.15) is 0 Å². The van der Waals surface area contributed by atoms with Crippen LogP contribution in [0.3, 0.4) is 0 Å². The number of nitrogens with zero attached hydrogens (tertiary/aromatic N) is 1. The second-order valence-corrected chi connectivity index (χ2v) is 6.68. The number of hydrogen-bond acceptors (Lipinski definition) is 2. The molecule has 0 aliphatic heterocycles. The van der Waals surface area contributed by atoms with Crippen LogP contribution in [0.15, 0.2) is 30.3 Å². The Balaban J connectivity index is 1.75. The highest BCUT2D eigenvalue weighted by Crippen LogP contribution is 2.33. The summed E-state index contributed by atoms with van der Waals surface area (Å²) in [4.78, 5) is 12.7. The van der Waals surface area contributed by atoms with E-state index >= 15 is 0 Å². The van der Waals surface area contributed by atoms with Gasteiger partial charge in [-0.15, -0.1) is 0 Å². The first-order chi connectivity index (χ1) is 11.1. The molecule has 122 valence electrons. The van der Waals surface area contributed by atoms with Crippen LogP contribution in [0.1, 0.15) is 59.0 Å². The van der Waals surface area contributed by atoms with Gasteiger partial charge in [-0.25, -0.2) is 0 Å². The molecule has 0 amide bonds. The van der Waals surface area contributed by atoms with Crippen molar-refractivity contribution in [2.75, 3.05) is 11.9 Å². The van der Waals surface area contributed by atoms with Crippen molar-refractivity contribution < 1.29 is 4.79 Å². The lowest BCUT2D eigenvalue weighted by molar-refractivity contribution is 0.101. The van der Waals surface area contributed by atoms with E-state index in [1.54, 1.807) is 0 Å². The summed E-state index contributed by atoms with van der Waals surface area (Å²) in [5.41, 5.74) is 5.41. The van der Waals surface area contributed by atoms with Crippen LogP contribution in [0.4, 0.5) is 5.69 Å². The van der Waals surface area contributed by atoms with Gasteiger partial charge in [-0.3, -0.25) is 4.79 Å². The summed E-state index contributed by atoms with van der Waals surface area (Å²) in [6.07, 6.45) is 5.09. The van der Waals surface area contributed by atoms with Crippen LogP contribution < -0.4 is 5.32 Å². The third-order valence-electron chi connectivity index (χ3n) is 5.06. The van der Waals surface area contributed by atoms with Crippen LogP contribution in [0.2, 0.25) is 0 Å². The number of nitrogens with one attached hydrogen (secondary N) is 1. The van der Waals surface area contributed by atoms with E-state index in [9.17, 15) is 4.79 Å². The highest BCUT2D eigenvalue weighted by molar-refractivity contribution is 6.00. The molecule has 1 aliphatic rings. The molecule has 1 aromatic carbocycles. The molecular weight excluding hydrogens is 284 g/mol. The average Bonchev–Trinajstić information content (AvgIpc) is 3.14. The minimum Gasteiger partial charge on any atom is -0.377 e. The second-order valence-electron chi connectivity index (χ2n) is 6.68. The molecule has 23 heavy (non-hydrogen) atoms. The van der Waals surface area contributed by atoms with Gasteiger partial charge in [0.1, 0.15) is 0 Å². The molecule has 2 aromatic rings. The molecule has 1 fully saturated rings. The van der Waals surface area contributed by atoms with Crippen LogP contribution >= 0.6 is 0 Å². The molecule has 3 nitrogen and oxygen atoms in total. The highest BCUT2D eigenvalue weighted by Gasteiger charge is 2.23. The van der Waals surface area contributed by atoms with E-state index in [0.717, 1.165) is 22.5 Å². The molecule has 1 saturated carbocycles. The Morgan fingerprint density at radius 1 is 1.17 bits per heavy atom. The van der Waals surface area contributed by atoms with Gasteiger partial charge in [0.2, 0.25) is 0 Å². The molecule has 0 bridgehead atoms. The normalized spacial score (nSPS) is 15.1. The average molecular weight is 310 g/mol. The summed E-state index contributed by atoms with van der Waals surface area (Å²) < 4.78 is 2.38. The quantitative estimate of drug-likeness (QED) is 0.803. The molecule has 0 unspecified atom stereocenters. The second kappa shape index (κ2) is 6.61. The summed E-state index contributed by atoms with van der Waals surface area (Å²) >= 11 is 0. The number of ketones is 1. The largest absolute Gasteiger partial charge is 0.377 e. The summed E-state index contributed by atoms with van der Waals surface area (Å²) in [7, 11) is 0. The van der Waals surface area contributed by atoms with Crippen LogP contribution in [0, 0.1) is 20.8 Å². The van der Waals surface area contributed by atoms with E-state index in [1.165, 1.54) is 31.4 Å². The van der Waals surface area contributed by atoms with Crippen LogP contribution in [0.25, 0.3) is 0 Å². The van der Waals surface area contributed by atoms with E-state index in [0.29, 0.717) is 12.6 Å². The predicted molar refractivity (Wildman–Crippen MR) is 95.4 cm³/mol. The van der Waals surface area contributed by atoms with Gasteiger partial charge in [0, 0.05) is 28.7 Å². The number of para-hydroxylation sites is 1. The minimum atomic E-state index is 0.172. The molecular formula is C20H26N2O. The van der Waals surface area contributed by atoms with Crippen LogP contribution in [-0.2, 0) is 0 Å². The number of Topliss-reactive ketones (excluding diaryl/α,β-unsaturated/α-hetero) is 1. The molecule has 1 N–H and O–H groups in total. The molecule has 0 radical (unpaired) electrons. The van der Waals surface area contributed by atoms with Crippen molar-refractivity contribution in [1.82, 2.24) is 4.57 Å². The zero-order valence-electron chi connectivity index (χ0n) is 14.4. The van der Waals surface area contributed by atoms with Crippen molar-refractivity contribution in [3.05, 3.63) is 52.8 Å². The van der Waals surface area contributed by atoms with Crippen LogP contribution in [0.5, 0.6) is 0 Å². The number of carbonyl (C=O) groups is 1. The van der Waals surface area contributed by atoms with Crippen molar-refractivity contribution >= 4 is 11.5 Å². The molecule has 1 aliphatic carbocycles. The fraction of sp³-hybridized carbons (Fsp3) is 0.450. The first-order valence-corrected chi connectivity index (χ1v) is 8.59. The number of anilines is 1. The Kier molecular flexibility index (Phi) is 4.56. The van der Waals surface area contributed by atoms with Crippen molar-refractivity contribution in [2.45, 2.75) is 52.5 Å². The lowest BCUT2D eigenvalue weighted by Crippen LogP contribution is -2.16. The first-order valence-electron chi connectivity index (χ1n) is 8.59. The van der Waals surface area contributed by atoms with E-state index in [1.807, 2.05) is 18.2 Å². The Bertz CT molecular complexity index is 708. The molecule has 0 spiro atoms. The zero-order chi connectivity index (χ0) is 16.4. The Labute approximate surface area is 138 Å². The van der Waals surface area contributed by atoms with E-state index in [4.69, 9.17) is 0 Å². The smallest absolute Gasteiger partial charge is 0.183 e. The van der Waals surface area contributed by atoms with Crippen molar-refractivity contribution in [3.8, 4) is 0 Å². The number of hydrogen-bond donors (Lipinski definition) is 1. The predicted octanol–water partition coefficient (Wildman–Crippen LogP) is 4.82. The van der Waals surface area contributed by atoms with Gasteiger partial charge in [0.25, 0.3) is 0 Å². The summed E-state index contributed by atoms with van der Waals surface area (Å²) in [5, 5.41) is 3.28. The van der Waals surface area contributed by atoms with Crippen molar-refractivity contribution in [1.29, 1.82) is 0 Å². The maximum absolute atomic E-state index is 12.7. The maximum Gasteiger partial charge on any atom is 0.183 e. The number of benzene rings is 1. The van der Waals surface area contributed by atoms with Crippen LogP contribution in [-0.4, -0.2) is 16.9 Å². The number of rotatable bonds is 5. The molecule has 0 saturated heterocycles. The van der Waals surface area contributed by atoms with E-state index in [2.05, 4.69) is 42.8 Å². The zero-order valence-corrected chi connectivity index (χ0v) is 14.4. The van der Waals surface area contributed by atoms with Gasteiger partial charge in [-0.05, 0) is 51.3 Å². The number of aromatic nitrogens is 1. The number of aryl methyl sites for hydroxylation is 2. The number of carbonyl (C=O) groups excluding carboxylic acids is 1. The molecule has 1 aromatic heterocycles. The lowest BCUT2D eigenvalue weighted by Gasteiger charge is -2.17. The fourth-order valence-electron chi connectivity index (χ4n) is 3.83. The summed E-state index contributed by atoms with van der Waals surface area (Å²) in [6, 6.07) is 10.7. The Hall–Kier alpha value is -2.03. The first kappa shape index (κ1) is 15.9. The molecule has 3 rings (SSSR count). The SMILES string of the molecule is Cc1ccccc1NCC(=O)c1cc(C)n(C2CCCC2)c1C.